The second kappa shape index (κ2) is 9.18. The van der Waals surface area contributed by atoms with Gasteiger partial charge in [0.05, 0.1) is 12.0 Å². The SMILES string of the molecule is CC(C)c1ccccc1-c1cccc(OC=C2C=CC(CCC(=O)O)=CC2)n1. The van der Waals surface area contributed by atoms with Gasteiger partial charge in [0, 0.05) is 18.1 Å². The van der Waals surface area contributed by atoms with Crippen molar-refractivity contribution in [1.29, 1.82) is 0 Å². The number of hydrogen-bond acceptors (Lipinski definition) is 3. The van der Waals surface area contributed by atoms with Gasteiger partial charge in [0.2, 0.25) is 5.88 Å². The van der Waals surface area contributed by atoms with Gasteiger partial charge in [-0.1, -0.05) is 68.0 Å². The van der Waals surface area contributed by atoms with E-state index in [4.69, 9.17) is 9.84 Å². The van der Waals surface area contributed by atoms with Gasteiger partial charge in [-0.3, -0.25) is 4.79 Å². The van der Waals surface area contributed by atoms with Crippen LogP contribution >= 0.6 is 0 Å². The summed E-state index contributed by atoms with van der Waals surface area (Å²) in [5.41, 5.74) is 5.35. The lowest BCUT2D eigenvalue weighted by molar-refractivity contribution is -0.136. The van der Waals surface area contributed by atoms with Crippen LogP contribution in [0.15, 0.2) is 78.1 Å². The van der Waals surface area contributed by atoms with Crippen LogP contribution in [0, 0.1) is 0 Å². The van der Waals surface area contributed by atoms with Crippen LogP contribution in [0.2, 0.25) is 0 Å². The predicted octanol–water partition coefficient (Wildman–Crippen LogP) is 5.89. The number of allylic oxidation sites excluding steroid dienone is 5. The molecule has 144 valence electrons. The molecule has 1 aliphatic carbocycles. The summed E-state index contributed by atoms with van der Waals surface area (Å²) >= 11 is 0. The zero-order chi connectivity index (χ0) is 19.9. The lowest BCUT2D eigenvalue weighted by Gasteiger charge is -2.13. The van der Waals surface area contributed by atoms with E-state index >= 15 is 0 Å². The number of pyridine rings is 1. The molecule has 0 unspecified atom stereocenters. The molecule has 0 saturated heterocycles. The minimum atomic E-state index is -0.774. The lowest BCUT2D eigenvalue weighted by Crippen LogP contribution is -1.98. The fraction of sp³-hybridized carbons (Fsp3) is 0.250. The number of aromatic nitrogens is 1. The number of carboxylic acid groups (broad SMARTS) is 1. The van der Waals surface area contributed by atoms with Crippen LogP contribution in [0.1, 0.15) is 44.6 Å². The Morgan fingerprint density at radius 1 is 1.18 bits per heavy atom. The van der Waals surface area contributed by atoms with E-state index in [1.165, 1.54) is 5.56 Å². The van der Waals surface area contributed by atoms with Crippen LogP contribution < -0.4 is 4.74 Å². The molecular weight excluding hydrogens is 350 g/mol. The first-order chi connectivity index (χ1) is 13.5. The number of nitrogens with zero attached hydrogens (tertiary/aromatic N) is 1. The van der Waals surface area contributed by atoms with E-state index in [9.17, 15) is 4.79 Å². The molecule has 4 heteroatoms. The third-order valence-electron chi connectivity index (χ3n) is 4.65. The maximum absolute atomic E-state index is 10.7. The van der Waals surface area contributed by atoms with Crippen LogP contribution in [0.3, 0.4) is 0 Å². The number of aliphatic carboxylic acids is 1. The monoisotopic (exact) mass is 375 g/mol. The van der Waals surface area contributed by atoms with Gasteiger partial charge >= 0.3 is 5.97 Å². The molecule has 2 aromatic rings. The van der Waals surface area contributed by atoms with Crippen LogP contribution in [0.25, 0.3) is 11.3 Å². The summed E-state index contributed by atoms with van der Waals surface area (Å²) in [6.45, 7) is 4.36. The smallest absolute Gasteiger partial charge is 0.303 e. The molecule has 0 fully saturated rings. The minimum Gasteiger partial charge on any atom is -0.481 e. The average molecular weight is 375 g/mol. The molecule has 0 saturated carbocycles. The van der Waals surface area contributed by atoms with E-state index in [0.717, 1.165) is 28.8 Å². The van der Waals surface area contributed by atoms with Crippen LogP contribution in [-0.4, -0.2) is 16.1 Å². The maximum atomic E-state index is 10.7. The van der Waals surface area contributed by atoms with Gasteiger partial charge in [0.1, 0.15) is 0 Å². The number of carboxylic acids is 1. The fourth-order valence-corrected chi connectivity index (χ4v) is 3.12. The molecule has 3 rings (SSSR count). The Morgan fingerprint density at radius 2 is 2.00 bits per heavy atom. The van der Waals surface area contributed by atoms with Gasteiger partial charge in [-0.2, -0.15) is 0 Å². The molecule has 0 spiro atoms. The fourth-order valence-electron chi connectivity index (χ4n) is 3.12. The van der Waals surface area contributed by atoms with Crippen molar-refractivity contribution >= 4 is 5.97 Å². The predicted molar refractivity (Wildman–Crippen MR) is 111 cm³/mol. The first kappa shape index (κ1) is 19.6. The first-order valence-electron chi connectivity index (χ1n) is 9.54. The Morgan fingerprint density at radius 3 is 2.71 bits per heavy atom. The Labute approximate surface area is 165 Å². The molecule has 0 amide bonds. The summed E-state index contributed by atoms with van der Waals surface area (Å²) in [5.74, 6) is 0.195. The van der Waals surface area contributed by atoms with Gasteiger partial charge in [-0.05, 0) is 36.0 Å². The van der Waals surface area contributed by atoms with Crippen molar-refractivity contribution in [3.8, 4) is 17.1 Å². The lowest BCUT2D eigenvalue weighted by atomic mass is 9.95. The normalized spacial score (nSPS) is 15.0. The largest absolute Gasteiger partial charge is 0.481 e. The highest BCUT2D eigenvalue weighted by Gasteiger charge is 2.10. The third-order valence-corrected chi connectivity index (χ3v) is 4.65. The van der Waals surface area contributed by atoms with Gasteiger partial charge < -0.3 is 9.84 Å². The highest BCUT2D eigenvalue weighted by Crippen LogP contribution is 2.29. The van der Waals surface area contributed by atoms with Crippen LogP contribution in [0.4, 0.5) is 0 Å². The molecule has 28 heavy (non-hydrogen) atoms. The molecule has 4 nitrogen and oxygen atoms in total. The second-order valence-electron chi connectivity index (χ2n) is 7.12. The van der Waals surface area contributed by atoms with E-state index in [2.05, 4.69) is 37.0 Å². The van der Waals surface area contributed by atoms with Crippen molar-refractivity contribution in [3.05, 3.63) is 83.7 Å². The molecule has 1 heterocycles. The third kappa shape index (κ3) is 5.19. The summed E-state index contributed by atoms with van der Waals surface area (Å²) in [6, 6.07) is 14.1. The van der Waals surface area contributed by atoms with E-state index in [-0.39, 0.29) is 6.42 Å². The summed E-state index contributed by atoms with van der Waals surface area (Å²) < 4.78 is 5.79. The zero-order valence-corrected chi connectivity index (χ0v) is 16.3. The minimum absolute atomic E-state index is 0.153. The molecule has 0 bridgehead atoms. The molecule has 0 radical (unpaired) electrons. The average Bonchev–Trinajstić information content (AvgIpc) is 2.71. The molecule has 1 N–H and O–H groups in total. The zero-order valence-electron chi connectivity index (χ0n) is 16.3. The van der Waals surface area contributed by atoms with Crippen molar-refractivity contribution in [2.45, 2.75) is 39.0 Å². The van der Waals surface area contributed by atoms with E-state index in [1.54, 1.807) is 6.26 Å². The van der Waals surface area contributed by atoms with Gasteiger partial charge in [0.25, 0.3) is 0 Å². The number of rotatable bonds is 7. The van der Waals surface area contributed by atoms with Crippen molar-refractivity contribution in [2.75, 3.05) is 0 Å². The van der Waals surface area contributed by atoms with Crippen molar-refractivity contribution < 1.29 is 14.6 Å². The van der Waals surface area contributed by atoms with E-state index in [1.807, 2.05) is 42.5 Å². The summed E-state index contributed by atoms with van der Waals surface area (Å²) in [6.07, 6.45) is 9.10. The van der Waals surface area contributed by atoms with E-state index in [0.29, 0.717) is 18.2 Å². The Balaban J connectivity index is 1.69. The number of carbonyl (C=O) groups is 1. The van der Waals surface area contributed by atoms with E-state index < -0.39 is 5.97 Å². The highest BCUT2D eigenvalue weighted by atomic mass is 16.5. The number of hydrogen-bond donors (Lipinski definition) is 1. The summed E-state index contributed by atoms with van der Waals surface area (Å²) in [4.78, 5) is 15.3. The first-order valence-corrected chi connectivity index (χ1v) is 9.54. The second-order valence-corrected chi connectivity index (χ2v) is 7.12. The molecule has 1 aromatic carbocycles. The molecule has 1 aliphatic rings. The van der Waals surface area contributed by atoms with Crippen molar-refractivity contribution in [2.24, 2.45) is 0 Å². The number of ether oxygens (including phenoxy) is 1. The molecule has 1 aromatic heterocycles. The maximum Gasteiger partial charge on any atom is 0.303 e. The van der Waals surface area contributed by atoms with Gasteiger partial charge in [-0.25, -0.2) is 4.98 Å². The molecule has 0 atom stereocenters. The topological polar surface area (TPSA) is 59.4 Å². The van der Waals surface area contributed by atoms with Crippen molar-refractivity contribution in [3.63, 3.8) is 0 Å². The Hall–Kier alpha value is -3.14. The Bertz CT molecular complexity index is 938. The van der Waals surface area contributed by atoms with Crippen molar-refractivity contribution in [1.82, 2.24) is 4.98 Å². The molecular formula is C24H25NO3. The molecule has 0 aliphatic heterocycles. The van der Waals surface area contributed by atoms with Crippen LogP contribution in [0.5, 0.6) is 5.88 Å². The summed E-state index contributed by atoms with van der Waals surface area (Å²) in [5, 5.41) is 8.77. The standard InChI is InChI=1S/C24H25NO3/c1-17(2)20-6-3-4-7-21(20)22-8-5-9-23(25-22)28-16-19-12-10-18(11-13-19)14-15-24(26)27/h3-12,16-17H,13-15H2,1-2H3,(H,26,27). The van der Waals surface area contributed by atoms with Gasteiger partial charge in [-0.15, -0.1) is 0 Å². The summed E-state index contributed by atoms with van der Waals surface area (Å²) in [7, 11) is 0. The van der Waals surface area contributed by atoms with Crippen LogP contribution in [-0.2, 0) is 4.79 Å². The Kier molecular flexibility index (Phi) is 6.43. The van der Waals surface area contributed by atoms with Gasteiger partial charge in [0.15, 0.2) is 0 Å². The number of benzene rings is 1. The highest BCUT2D eigenvalue weighted by molar-refractivity contribution is 5.67. The quantitative estimate of drug-likeness (QED) is 0.613.